The number of nitrogens with two attached hydrogens (primary N) is 1. The molecule has 6 nitrogen and oxygen atoms in total. The van der Waals surface area contributed by atoms with Gasteiger partial charge in [-0.3, -0.25) is 0 Å². The first-order valence-electron chi connectivity index (χ1n) is 11.9. The number of hydrogen-bond donors (Lipinski definition) is 2. The highest BCUT2D eigenvalue weighted by Crippen LogP contribution is 2.53. The van der Waals surface area contributed by atoms with E-state index in [4.69, 9.17) is 5.73 Å². The van der Waals surface area contributed by atoms with Crippen LogP contribution >= 0.6 is 0 Å². The molecule has 2 unspecified atom stereocenters. The molecule has 0 aromatic carbocycles. The Morgan fingerprint density at radius 1 is 1.15 bits per heavy atom. The summed E-state index contributed by atoms with van der Waals surface area (Å²) in [6.07, 6.45) is 6.12. The highest BCUT2D eigenvalue weighted by Gasteiger charge is 2.42. The van der Waals surface area contributed by atoms with Crippen molar-refractivity contribution in [1.29, 1.82) is 0 Å². The van der Waals surface area contributed by atoms with Crippen LogP contribution < -0.4 is 16.0 Å². The van der Waals surface area contributed by atoms with Crippen LogP contribution in [0.2, 0.25) is 0 Å². The molecule has 0 radical (unpaired) electrons. The number of aromatic nitrogens is 3. The minimum Gasteiger partial charge on any atom is -0.383 e. The summed E-state index contributed by atoms with van der Waals surface area (Å²) in [4.78, 5) is 14.6. The molecular weight excluding hydrogens is 429 g/mol. The van der Waals surface area contributed by atoms with Crippen LogP contribution in [0, 0.1) is 17.8 Å². The van der Waals surface area contributed by atoms with E-state index in [1.165, 1.54) is 6.33 Å². The molecule has 9 heteroatoms. The van der Waals surface area contributed by atoms with Gasteiger partial charge >= 0.3 is 0 Å². The van der Waals surface area contributed by atoms with Gasteiger partial charge in [0.05, 0.1) is 0 Å². The second kappa shape index (κ2) is 8.65. The third kappa shape index (κ3) is 5.17. The Bertz CT molecular complexity index is 1000. The lowest BCUT2D eigenvalue weighted by atomic mass is 9.86. The number of alkyl halides is 2. The van der Waals surface area contributed by atoms with E-state index in [9.17, 15) is 13.2 Å². The molecule has 2 aromatic heterocycles. The zero-order valence-corrected chi connectivity index (χ0v) is 18.9. The first-order chi connectivity index (χ1) is 15.8. The number of rotatable bonds is 8. The summed E-state index contributed by atoms with van der Waals surface area (Å²) in [5.74, 6) is -0.465. The summed E-state index contributed by atoms with van der Waals surface area (Å²) in [5.41, 5.74) is 7.71. The van der Waals surface area contributed by atoms with Crippen molar-refractivity contribution in [2.24, 2.45) is 11.8 Å². The fraction of sp³-hybridized carbons (Fsp3) is 0.625. The van der Waals surface area contributed by atoms with Gasteiger partial charge in [0.15, 0.2) is 0 Å². The van der Waals surface area contributed by atoms with Crippen molar-refractivity contribution in [3.8, 4) is 0 Å². The largest absolute Gasteiger partial charge is 0.383 e. The number of nitrogens with zero attached hydrogens (tertiary/aromatic N) is 4. The van der Waals surface area contributed by atoms with E-state index in [0.29, 0.717) is 49.0 Å². The SMILES string of the molecule is CN(CC1CCC(F)(F)CC1)c1ccc(CC2CC2c2c(N)ncnc2NC2CC2)c(F)n1. The van der Waals surface area contributed by atoms with Crippen LogP contribution in [0.15, 0.2) is 18.5 Å². The topological polar surface area (TPSA) is 80.0 Å². The first kappa shape index (κ1) is 22.2. The van der Waals surface area contributed by atoms with Gasteiger partial charge in [0.1, 0.15) is 23.8 Å². The molecule has 0 aliphatic heterocycles. The van der Waals surface area contributed by atoms with Crippen LogP contribution in [0.25, 0.3) is 0 Å². The van der Waals surface area contributed by atoms with Crippen molar-refractivity contribution < 1.29 is 13.2 Å². The average molecular weight is 461 g/mol. The van der Waals surface area contributed by atoms with Gasteiger partial charge < -0.3 is 16.0 Å². The maximum absolute atomic E-state index is 14.8. The van der Waals surface area contributed by atoms with E-state index in [2.05, 4.69) is 20.3 Å². The van der Waals surface area contributed by atoms with Gasteiger partial charge in [0, 0.05) is 43.6 Å². The monoisotopic (exact) mass is 460 g/mol. The summed E-state index contributed by atoms with van der Waals surface area (Å²) in [6, 6.07) is 4.09. The Hall–Kier alpha value is -2.58. The summed E-state index contributed by atoms with van der Waals surface area (Å²) in [7, 11) is 1.84. The van der Waals surface area contributed by atoms with Gasteiger partial charge in [-0.05, 0) is 62.3 Å². The van der Waals surface area contributed by atoms with Gasteiger partial charge in [0.25, 0.3) is 0 Å². The van der Waals surface area contributed by atoms with Crippen LogP contribution in [0.3, 0.4) is 0 Å². The molecule has 2 heterocycles. The summed E-state index contributed by atoms with van der Waals surface area (Å²) in [5, 5.41) is 3.44. The van der Waals surface area contributed by atoms with Gasteiger partial charge in [-0.25, -0.2) is 23.7 Å². The van der Waals surface area contributed by atoms with Gasteiger partial charge in [-0.15, -0.1) is 0 Å². The molecule has 0 bridgehead atoms. The molecular formula is C24H31F3N6. The summed E-state index contributed by atoms with van der Waals surface area (Å²) < 4.78 is 41.6. The molecule has 178 valence electrons. The molecule has 3 aliphatic rings. The molecule has 0 saturated heterocycles. The number of pyridine rings is 1. The summed E-state index contributed by atoms with van der Waals surface area (Å²) in [6.45, 7) is 0.608. The Balaban J connectivity index is 1.20. The van der Waals surface area contributed by atoms with Gasteiger partial charge in [0.2, 0.25) is 11.9 Å². The van der Waals surface area contributed by atoms with E-state index in [0.717, 1.165) is 30.6 Å². The zero-order valence-electron chi connectivity index (χ0n) is 18.9. The molecule has 33 heavy (non-hydrogen) atoms. The standard InChI is InChI=1S/C24H31F3N6/c1-33(12-14-6-8-24(26,27)9-7-14)19-5-2-15(21(25)32-19)10-16-11-18(16)20-22(28)29-13-30-23(20)31-17-3-4-17/h2,5,13-14,16-18H,3-4,6-12H2,1H3,(H3,28,29,30,31). The molecule has 3 N–H and O–H groups in total. The lowest BCUT2D eigenvalue weighted by Crippen LogP contribution is -2.32. The molecule has 3 aliphatic carbocycles. The maximum Gasteiger partial charge on any atom is 0.248 e. The predicted molar refractivity (Wildman–Crippen MR) is 122 cm³/mol. The molecule has 3 saturated carbocycles. The lowest BCUT2D eigenvalue weighted by molar-refractivity contribution is -0.0448. The molecule has 0 amide bonds. The van der Waals surface area contributed by atoms with Gasteiger partial charge in [-0.1, -0.05) is 6.07 Å². The number of halogens is 3. The normalized spacial score (nSPS) is 24.5. The predicted octanol–water partition coefficient (Wildman–Crippen LogP) is 4.78. The van der Waals surface area contributed by atoms with Crippen molar-refractivity contribution in [2.45, 2.75) is 69.2 Å². The van der Waals surface area contributed by atoms with Crippen molar-refractivity contribution in [3.05, 3.63) is 35.5 Å². The Morgan fingerprint density at radius 3 is 2.61 bits per heavy atom. The second-order valence-electron chi connectivity index (χ2n) is 10.0. The lowest BCUT2D eigenvalue weighted by Gasteiger charge is -2.31. The van der Waals surface area contributed by atoms with E-state index < -0.39 is 11.9 Å². The Labute approximate surface area is 192 Å². The molecule has 3 fully saturated rings. The van der Waals surface area contributed by atoms with Crippen molar-refractivity contribution in [3.63, 3.8) is 0 Å². The number of hydrogen-bond acceptors (Lipinski definition) is 6. The summed E-state index contributed by atoms with van der Waals surface area (Å²) >= 11 is 0. The molecule has 5 rings (SSSR count). The van der Waals surface area contributed by atoms with Crippen LogP contribution in [-0.2, 0) is 6.42 Å². The number of nitrogens with one attached hydrogen (secondary N) is 1. The minimum atomic E-state index is -2.53. The van der Waals surface area contributed by atoms with E-state index in [1.54, 1.807) is 6.07 Å². The fourth-order valence-corrected chi connectivity index (χ4v) is 5.00. The van der Waals surface area contributed by atoms with Crippen molar-refractivity contribution in [2.75, 3.05) is 29.5 Å². The first-order valence-corrected chi connectivity index (χ1v) is 11.9. The molecule has 0 spiro atoms. The minimum absolute atomic E-state index is 0.0658. The molecule has 2 aromatic rings. The zero-order chi connectivity index (χ0) is 23.2. The van der Waals surface area contributed by atoms with Crippen LogP contribution in [0.5, 0.6) is 0 Å². The van der Waals surface area contributed by atoms with Crippen molar-refractivity contribution in [1.82, 2.24) is 15.0 Å². The Kier molecular flexibility index (Phi) is 5.82. The smallest absolute Gasteiger partial charge is 0.248 e. The van der Waals surface area contributed by atoms with Crippen molar-refractivity contribution >= 4 is 17.5 Å². The van der Waals surface area contributed by atoms with Crippen LogP contribution in [-0.4, -0.2) is 40.5 Å². The van der Waals surface area contributed by atoms with Gasteiger partial charge in [-0.2, -0.15) is 4.39 Å². The number of nitrogen functional groups attached to an aromatic ring is 1. The van der Waals surface area contributed by atoms with Crippen LogP contribution in [0.1, 0.15) is 62.0 Å². The second-order valence-corrected chi connectivity index (χ2v) is 10.0. The molecule has 2 atom stereocenters. The highest BCUT2D eigenvalue weighted by molar-refractivity contribution is 5.59. The Morgan fingerprint density at radius 2 is 1.91 bits per heavy atom. The third-order valence-corrected chi connectivity index (χ3v) is 7.28. The fourth-order valence-electron chi connectivity index (χ4n) is 5.00. The average Bonchev–Trinajstić information content (AvgIpc) is 3.69. The van der Waals surface area contributed by atoms with E-state index in [1.807, 2.05) is 18.0 Å². The van der Waals surface area contributed by atoms with E-state index >= 15 is 0 Å². The third-order valence-electron chi connectivity index (χ3n) is 7.28. The highest BCUT2D eigenvalue weighted by atomic mass is 19.3. The quantitative estimate of drug-likeness (QED) is 0.552. The maximum atomic E-state index is 14.8. The van der Waals surface area contributed by atoms with E-state index in [-0.39, 0.29) is 30.6 Å². The van der Waals surface area contributed by atoms with Crippen LogP contribution in [0.4, 0.5) is 30.6 Å². The number of anilines is 3.